The van der Waals surface area contributed by atoms with Crippen molar-refractivity contribution in [3.8, 4) is 5.75 Å². The fraction of sp³-hybridized carbons (Fsp3) is 0.615. The van der Waals surface area contributed by atoms with Crippen LogP contribution in [0.2, 0.25) is 0 Å². The van der Waals surface area contributed by atoms with Gasteiger partial charge in [-0.2, -0.15) is 0 Å². The van der Waals surface area contributed by atoms with E-state index in [2.05, 4.69) is 11.8 Å². The topological polar surface area (TPSA) is 73.9 Å². The van der Waals surface area contributed by atoms with Gasteiger partial charge in [0, 0.05) is 19.2 Å². The summed E-state index contributed by atoms with van der Waals surface area (Å²) in [7, 11) is 0. The summed E-state index contributed by atoms with van der Waals surface area (Å²) in [5.41, 5.74) is -0.422. The van der Waals surface area contributed by atoms with Crippen LogP contribution in [-0.2, 0) is 6.54 Å². The second-order valence-corrected chi connectivity index (χ2v) is 4.30. The van der Waals surface area contributed by atoms with Gasteiger partial charge < -0.3 is 14.6 Å². The van der Waals surface area contributed by atoms with Gasteiger partial charge in [-0.25, -0.2) is 0 Å². The molecule has 1 aromatic rings. The van der Waals surface area contributed by atoms with Crippen LogP contribution >= 0.6 is 0 Å². The Balaban J connectivity index is 2.62. The average molecular weight is 255 g/mol. The first kappa shape index (κ1) is 14.7. The van der Waals surface area contributed by atoms with Crippen LogP contribution in [0.25, 0.3) is 0 Å². The van der Waals surface area contributed by atoms with Crippen molar-refractivity contribution in [2.24, 2.45) is 0 Å². The molecule has 1 aromatic heterocycles. The highest BCUT2D eigenvalue weighted by Gasteiger charge is 2.08. The molecule has 0 radical (unpaired) electrons. The Morgan fingerprint density at radius 1 is 1.33 bits per heavy atom. The highest BCUT2D eigenvalue weighted by molar-refractivity contribution is 5.15. The maximum Gasteiger partial charge on any atom is 0.226 e. The molecule has 0 fully saturated rings. The lowest BCUT2D eigenvalue weighted by atomic mass is 10.2. The maximum absolute atomic E-state index is 11.3. The van der Waals surface area contributed by atoms with Crippen LogP contribution in [0.1, 0.15) is 31.9 Å². The van der Waals surface area contributed by atoms with E-state index in [9.17, 15) is 4.79 Å². The minimum Gasteiger partial charge on any atom is -0.502 e. The normalized spacial score (nSPS) is 11.1. The smallest absolute Gasteiger partial charge is 0.226 e. The van der Waals surface area contributed by atoms with E-state index in [1.165, 1.54) is 6.07 Å². The van der Waals surface area contributed by atoms with Crippen molar-refractivity contribution >= 4 is 0 Å². The lowest BCUT2D eigenvalue weighted by Crippen LogP contribution is -2.26. The molecule has 0 aliphatic carbocycles. The summed E-state index contributed by atoms with van der Waals surface area (Å²) in [6, 6.07) is 1.31. The van der Waals surface area contributed by atoms with Gasteiger partial charge in [-0.05, 0) is 19.4 Å². The van der Waals surface area contributed by atoms with Crippen molar-refractivity contribution in [2.75, 3.05) is 19.7 Å². The monoisotopic (exact) mass is 255 g/mol. The molecule has 0 atom stereocenters. The zero-order valence-electron chi connectivity index (χ0n) is 10.8. The van der Waals surface area contributed by atoms with E-state index in [0.29, 0.717) is 18.7 Å². The van der Waals surface area contributed by atoms with Gasteiger partial charge in [0.05, 0.1) is 6.54 Å². The highest BCUT2D eigenvalue weighted by Crippen LogP contribution is 2.08. The molecule has 5 heteroatoms. The molecule has 0 bridgehead atoms. The summed E-state index contributed by atoms with van der Waals surface area (Å²) in [6.07, 6.45) is 3.93. The lowest BCUT2D eigenvalue weighted by molar-refractivity contribution is 0.203. The van der Waals surface area contributed by atoms with Crippen LogP contribution in [0.4, 0.5) is 0 Å². The minimum absolute atomic E-state index is 0.155. The van der Waals surface area contributed by atoms with Gasteiger partial charge in [-0.1, -0.05) is 13.3 Å². The minimum atomic E-state index is -0.422. The Morgan fingerprint density at radius 2 is 2.06 bits per heavy atom. The Hall–Kier alpha value is -1.33. The zero-order valence-corrected chi connectivity index (χ0v) is 10.8. The Morgan fingerprint density at radius 3 is 2.67 bits per heavy atom. The first-order valence-electron chi connectivity index (χ1n) is 6.31. The van der Waals surface area contributed by atoms with E-state index in [1.54, 1.807) is 0 Å². The molecule has 0 aliphatic rings. The third-order valence-electron chi connectivity index (χ3n) is 2.71. The van der Waals surface area contributed by atoms with Gasteiger partial charge >= 0.3 is 0 Å². The molecule has 5 nitrogen and oxygen atoms in total. The van der Waals surface area contributed by atoms with Crippen molar-refractivity contribution in [3.63, 3.8) is 0 Å². The number of aliphatic hydroxyl groups is 1. The van der Waals surface area contributed by atoms with Crippen LogP contribution in [0, 0.1) is 0 Å². The van der Waals surface area contributed by atoms with E-state index >= 15 is 0 Å². The van der Waals surface area contributed by atoms with Crippen molar-refractivity contribution in [3.05, 3.63) is 28.3 Å². The van der Waals surface area contributed by atoms with Crippen molar-refractivity contribution in [2.45, 2.75) is 32.7 Å². The molecule has 0 aromatic carbocycles. The number of unbranched alkanes of at least 4 members (excludes halogenated alkanes) is 1. The second-order valence-electron chi connectivity index (χ2n) is 4.30. The zero-order chi connectivity index (χ0) is 13.4. The summed E-state index contributed by atoms with van der Waals surface area (Å²) in [5.74, 6) is 0.168. The van der Waals surface area contributed by atoms with Gasteiger partial charge in [-0.15, -0.1) is 0 Å². The lowest BCUT2D eigenvalue weighted by Gasteiger charge is -2.20. The number of aromatic hydroxyl groups is 1. The molecule has 1 heterocycles. The standard InChI is InChI=1S/C13H21NO4/c1-2-3-5-14(6-4-7-15)9-11-8-12(16)13(17)10-18-11/h8,10,15,17H,2-7,9H2,1H3. The molecule has 2 N–H and O–H groups in total. The molecule has 102 valence electrons. The third-order valence-corrected chi connectivity index (χ3v) is 2.71. The van der Waals surface area contributed by atoms with Crippen LogP contribution in [-0.4, -0.2) is 34.8 Å². The van der Waals surface area contributed by atoms with Gasteiger partial charge in [0.1, 0.15) is 12.0 Å². The average Bonchev–Trinajstić information content (AvgIpc) is 2.37. The second kappa shape index (κ2) is 7.89. The van der Waals surface area contributed by atoms with E-state index < -0.39 is 5.43 Å². The molecule has 1 rings (SSSR count). The van der Waals surface area contributed by atoms with Crippen LogP contribution in [0.15, 0.2) is 21.5 Å². The van der Waals surface area contributed by atoms with Crippen LogP contribution in [0.3, 0.4) is 0 Å². The fourth-order valence-electron chi connectivity index (χ4n) is 1.69. The van der Waals surface area contributed by atoms with Crippen molar-refractivity contribution in [1.82, 2.24) is 4.90 Å². The number of aliphatic hydroxyl groups excluding tert-OH is 1. The number of hydrogen-bond donors (Lipinski definition) is 2. The SMILES string of the molecule is CCCCN(CCCO)Cc1cc(=O)c(O)co1. The molecule has 0 amide bonds. The van der Waals surface area contributed by atoms with E-state index in [-0.39, 0.29) is 12.4 Å². The predicted octanol–water partition coefficient (Wildman–Crippen LogP) is 1.33. The first-order chi connectivity index (χ1) is 8.67. The third kappa shape index (κ3) is 4.89. The number of nitrogens with zero attached hydrogens (tertiary/aromatic N) is 1. The highest BCUT2D eigenvalue weighted by atomic mass is 16.4. The van der Waals surface area contributed by atoms with Gasteiger partial charge in [0.15, 0.2) is 5.75 Å². The van der Waals surface area contributed by atoms with Crippen molar-refractivity contribution < 1.29 is 14.6 Å². The van der Waals surface area contributed by atoms with Crippen LogP contribution in [0.5, 0.6) is 5.75 Å². The van der Waals surface area contributed by atoms with Gasteiger partial charge in [-0.3, -0.25) is 9.69 Å². The molecular weight excluding hydrogens is 234 g/mol. The summed E-state index contributed by atoms with van der Waals surface area (Å²) in [5, 5.41) is 18.0. The van der Waals surface area contributed by atoms with E-state index in [4.69, 9.17) is 14.6 Å². The molecule has 0 saturated heterocycles. The fourth-order valence-corrected chi connectivity index (χ4v) is 1.69. The molecule has 0 spiro atoms. The Bertz CT molecular complexity index is 394. The summed E-state index contributed by atoms with van der Waals surface area (Å²) in [4.78, 5) is 13.4. The first-order valence-corrected chi connectivity index (χ1v) is 6.31. The Labute approximate surface area is 107 Å². The predicted molar refractivity (Wildman–Crippen MR) is 68.5 cm³/mol. The summed E-state index contributed by atoms with van der Waals surface area (Å²) >= 11 is 0. The largest absolute Gasteiger partial charge is 0.502 e. The van der Waals surface area contributed by atoms with E-state index in [0.717, 1.165) is 32.2 Å². The molecule has 0 unspecified atom stereocenters. The maximum atomic E-state index is 11.3. The van der Waals surface area contributed by atoms with E-state index in [1.807, 2.05) is 0 Å². The quantitative estimate of drug-likeness (QED) is 0.733. The van der Waals surface area contributed by atoms with Crippen molar-refractivity contribution in [1.29, 1.82) is 0 Å². The molecule has 18 heavy (non-hydrogen) atoms. The van der Waals surface area contributed by atoms with Crippen LogP contribution < -0.4 is 5.43 Å². The molecule has 0 saturated carbocycles. The van der Waals surface area contributed by atoms with Gasteiger partial charge in [0.2, 0.25) is 5.43 Å². The number of rotatable bonds is 8. The van der Waals surface area contributed by atoms with Gasteiger partial charge in [0.25, 0.3) is 0 Å². The Kier molecular flexibility index (Phi) is 6.46. The molecule has 0 aliphatic heterocycles. The number of hydrogen-bond acceptors (Lipinski definition) is 5. The summed E-state index contributed by atoms with van der Waals surface area (Å²) in [6.45, 7) is 4.46. The summed E-state index contributed by atoms with van der Waals surface area (Å²) < 4.78 is 5.18. The molecular formula is C13H21NO4.